The van der Waals surface area contributed by atoms with E-state index in [-0.39, 0.29) is 29.8 Å². The van der Waals surface area contributed by atoms with E-state index in [1.165, 1.54) is 24.3 Å². The van der Waals surface area contributed by atoms with E-state index >= 15 is 0 Å². The van der Waals surface area contributed by atoms with Gasteiger partial charge in [-0.15, -0.1) is 0 Å². The van der Waals surface area contributed by atoms with E-state index in [0.29, 0.717) is 5.75 Å². The lowest BCUT2D eigenvalue weighted by Gasteiger charge is -2.12. The Bertz CT molecular complexity index is 902. The van der Waals surface area contributed by atoms with Crippen molar-refractivity contribution in [2.24, 2.45) is 0 Å². The number of carbonyl (C=O) groups is 2. The minimum absolute atomic E-state index is 0.0881. The number of rotatable bonds is 8. The first-order valence-corrected chi connectivity index (χ1v) is 9.26. The quantitative estimate of drug-likeness (QED) is 0.326. The average molecular weight is 432 g/mol. The van der Waals surface area contributed by atoms with Crippen LogP contribution in [-0.2, 0) is 16.0 Å². The molecule has 0 aliphatic heterocycles. The van der Waals surface area contributed by atoms with Gasteiger partial charge < -0.3 is 9.47 Å². The van der Waals surface area contributed by atoms with Gasteiger partial charge in [0.2, 0.25) is 0 Å². The third-order valence-electron chi connectivity index (χ3n) is 3.69. The van der Waals surface area contributed by atoms with Crippen LogP contribution in [-0.4, -0.2) is 35.1 Å². The maximum Gasteiger partial charge on any atom is 0.276 e. The van der Waals surface area contributed by atoms with Crippen LogP contribution in [0, 0.1) is 10.1 Å². The summed E-state index contributed by atoms with van der Waals surface area (Å²) in [5, 5.41) is 12.8. The predicted molar refractivity (Wildman–Crippen MR) is 112 cm³/mol. The Morgan fingerprint density at radius 3 is 2.00 bits per heavy atom. The molecule has 0 aromatic heterocycles. The molecule has 0 atom stereocenters. The lowest BCUT2D eigenvalue weighted by Crippen LogP contribution is -2.50. The van der Waals surface area contributed by atoms with Gasteiger partial charge in [0.05, 0.1) is 4.92 Å². The minimum atomic E-state index is -0.577. The number of ether oxygens (including phenoxy) is 2. The number of amides is 2. The number of hydrazine groups is 1. The first-order chi connectivity index (χ1) is 14.4. The van der Waals surface area contributed by atoms with Crippen LogP contribution in [0.3, 0.4) is 0 Å². The van der Waals surface area contributed by atoms with Gasteiger partial charge in [-0.2, -0.15) is 0 Å². The van der Waals surface area contributed by atoms with Gasteiger partial charge in [0.25, 0.3) is 17.5 Å². The van der Waals surface area contributed by atoms with E-state index in [9.17, 15) is 19.7 Å². The SMILES string of the molecule is CCc1ccc(OCC(=O)NNC(=S)NC(=O)COc2ccc([N+](=O)[O-])cc2)cc1. The van der Waals surface area contributed by atoms with Gasteiger partial charge in [-0.25, -0.2) is 0 Å². The topological polar surface area (TPSA) is 132 Å². The molecule has 0 heterocycles. The molecule has 3 N–H and O–H groups in total. The Hall–Kier alpha value is -3.73. The molecule has 0 saturated heterocycles. The van der Waals surface area contributed by atoms with Crippen molar-refractivity contribution in [3.63, 3.8) is 0 Å². The van der Waals surface area contributed by atoms with Crippen molar-refractivity contribution in [1.29, 1.82) is 0 Å². The number of non-ortho nitro benzene ring substituents is 1. The van der Waals surface area contributed by atoms with E-state index in [1.54, 1.807) is 12.1 Å². The lowest BCUT2D eigenvalue weighted by molar-refractivity contribution is -0.384. The van der Waals surface area contributed by atoms with Gasteiger partial charge in [0.15, 0.2) is 18.3 Å². The molecular formula is C19H20N4O6S. The van der Waals surface area contributed by atoms with Gasteiger partial charge in [-0.05, 0) is 48.5 Å². The molecule has 0 bridgehead atoms. The third kappa shape index (κ3) is 7.72. The second-order valence-corrected chi connectivity index (χ2v) is 6.28. The molecular weight excluding hydrogens is 412 g/mol. The summed E-state index contributed by atoms with van der Waals surface area (Å²) in [4.78, 5) is 33.6. The summed E-state index contributed by atoms with van der Waals surface area (Å²) in [5.74, 6) is -0.227. The number of aryl methyl sites for hydroxylation is 1. The zero-order valence-corrected chi connectivity index (χ0v) is 16.9. The van der Waals surface area contributed by atoms with Crippen molar-refractivity contribution in [3.8, 4) is 11.5 Å². The van der Waals surface area contributed by atoms with Crippen molar-refractivity contribution in [2.45, 2.75) is 13.3 Å². The zero-order chi connectivity index (χ0) is 21.9. The Labute approximate surface area is 177 Å². The zero-order valence-electron chi connectivity index (χ0n) is 16.0. The summed E-state index contributed by atoms with van der Waals surface area (Å²) in [6.45, 7) is 1.43. The Balaban J connectivity index is 1.64. The number of benzene rings is 2. The van der Waals surface area contributed by atoms with Crippen molar-refractivity contribution < 1.29 is 24.0 Å². The number of hydrogen-bond donors (Lipinski definition) is 3. The van der Waals surface area contributed by atoms with Gasteiger partial charge in [0, 0.05) is 12.1 Å². The Morgan fingerprint density at radius 1 is 0.933 bits per heavy atom. The van der Waals surface area contributed by atoms with Crippen LogP contribution in [0.4, 0.5) is 5.69 Å². The second-order valence-electron chi connectivity index (χ2n) is 5.88. The molecule has 11 heteroatoms. The fourth-order valence-electron chi connectivity index (χ4n) is 2.14. The highest BCUT2D eigenvalue weighted by molar-refractivity contribution is 7.80. The van der Waals surface area contributed by atoms with Crippen LogP contribution in [0.5, 0.6) is 11.5 Å². The molecule has 0 radical (unpaired) electrons. The van der Waals surface area contributed by atoms with E-state index in [1.807, 2.05) is 19.1 Å². The summed E-state index contributed by atoms with van der Waals surface area (Å²) in [5.41, 5.74) is 5.74. The van der Waals surface area contributed by atoms with Gasteiger partial charge in [0.1, 0.15) is 11.5 Å². The number of nitro benzene ring substituents is 1. The first kappa shape index (κ1) is 22.6. The first-order valence-electron chi connectivity index (χ1n) is 8.85. The maximum absolute atomic E-state index is 11.8. The molecule has 2 amide bonds. The molecule has 30 heavy (non-hydrogen) atoms. The highest BCUT2D eigenvalue weighted by Crippen LogP contribution is 2.17. The number of carbonyl (C=O) groups excluding carboxylic acids is 2. The van der Waals surface area contributed by atoms with Crippen molar-refractivity contribution in [2.75, 3.05) is 13.2 Å². The molecule has 0 spiro atoms. The number of nitrogens with one attached hydrogen (secondary N) is 3. The van der Waals surface area contributed by atoms with Crippen molar-refractivity contribution in [3.05, 3.63) is 64.2 Å². The summed E-state index contributed by atoms with van der Waals surface area (Å²) in [7, 11) is 0. The maximum atomic E-state index is 11.8. The minimum Gasteiger partial charge on any atom is -0.484 e. The largest absolute Gasteiger partial charge is 0.484 e. The van der Waals surface area contributed by atoms with Gasteiger partial charge in [-0.3, -0.25) is 35.9 Å². The molecule has 0 aliphatic rings. The molecule has 2 aromatic rings. The molecule has 0 aliphatic carbocycles. The summed E-state index contributed by atoms with van der Waals surface area (Å²) >= 11 is 4.90. The van der Waals surface area contributed by atoms with Crippen LogP contribution in [0.1, 0.15) is 12.5 Å². The van der Waals surface area contributed by atoms with Crippen molar-refractivity contribution >= 4 is 34.8 Å². The standard InChI is InChI=1S/C19H20N4O6S/c1-2-13-3-7-15(8-4-13)29-12-18(25)21-22-19(30)20-17(24)11-28-16-9-5-14(6-10-16)23(26)27/h3-10H,2,11-12H2,1H3,(H,21,25)(H2,20,22,24,30). The summed E-state index contributed by atoms with van der Waals surface area (Å²) in [6.07, 6.45) is 0.909. The van der Waals surface area contributed by atoms with Gasteiger partial charge >= 0.3 is 0 Å². The van der Waals surface area contributed by atoms with Crippen LogP contribution in [0.25, 0.3) is 0 Å². The highest BCUT2D eigenvalue weighted by Gasteiger charge is 2.09. The second kappa shape index (κ2) is 11.3. The predicted octanol–water partition coefficient (Wildman–Crippen LogP) is 1.64. The molecule has 0 saturated carbocycles. The summed E-state index contributed by atoms with van der Waals surface area (Å²) < 4.78 is 10.6. The molecule has 2 rings (SSSR count). The number of nitro groups is 1. The van der Waals surface area contributed by atoms with Crippen LogP contribution >= 0.6 is 12.2 Å². The normalized spacial score (nSPS) is 9.90. The smallest absolute Gasteiger partial charge is 0.276 e. The molecule has 158 valence electrons. The Kier molecular flexibility index (Phi) is 8.51. The average Bonchev–Trinajstić information content (AvgIpc) is 2.75. The number of hydrogen-bond acceptors (Lipinski definition) is 7. The molecule has 2 aromatic carbocycles. The third-order valence-corrected chi connectivity index (χ3v) is 3.89. The van der Waals surface area contributed by atoms with Gasteiger partial charge in [-0.1, -0.05) is 19.1 Å². The van der Waals surface area contributed by atoms with E-state index in [0.717, 1.165) is 12.0 Å². The monoisotopic (exact) mass is 432 g/mol. The van der Waals surface area contributed by atoms with E-state index < -0.39 is 16.7 Å². The summed E-state index contributed by atoms with van der Waals surface area (Å²) in [6, 6.07) is 12.6. The molecule has 0 fully saturated rings. The number of thiocarbonyl (C=S) groups is 1. The highest BCUT2D eigenvalue weighted by atomic mass is 32.1. The number of nitrogens with zero attached hydrogens (tertiary/aromatic N) is 1. The molecule has 10 nitrogen and oxygen atoms in total. The fourth-order valence-corrected chi connectivity index (χ4v) is 2.30. The fraction of sp³-hybridized carbons (Fsp3) is 0.211. The molecule has 0 unspecified atom stereocenters. The van der Waals surface area contributed by atoms with Crippen LogP contribution in [0.2, 0.25) is 0 Å². The lowest BCUT2D eigenvalue weighted by atomic mass is 10.2. The van der Waals surface area contributed by atoms with Crippen molar-refractivity contribution in [1.82, 2.24) is 16.2 Å². The van der Waals surface area contributed by atoms with Crippen LogP contribution in [0.15, 0.2) is 48.5 Å². The van der Waals surface area contributed by atoms with Crippen LogP contribution < -0.4 is 25.6 Å². The van der Waals surface area contributed by atoms with E-state index in [2.05, 4.69) is 16.2 Å². The van der Waals surface area contributed by atoms with E-state index in [4.69, 9.17) is 21.7 Å². The Morgan fingerprint density at radius 2 is 1.47 bits per heavy atom.